The van der Waals surface area contributed by atoms with Crippen molar-refractivity contribution in [1.29, 1.82) is 0 Å². The van der Waals surface area contributed by atoms with E-state index in [1.807, 2.05) is 6.20 Å². The lowest BCUT2D eigenvalue weighted by Crippen LogP contribution is -2.31. The summed E-state index contributed by atoms with van der Waals surface area (Å²) in [5, 5.41) is 3.50. The second-order valence-electron chi connectivity index (χ2n) is 9.11. The van der Waals surface area contributed by atoms with E-state index in [1.165, 1.54) is 55.0 Å². The van der Waals surface area contributed by atoms with Crippen LogP contribution in [0.4, 0.5) is 22.9 Å². The molecule has 7 nitrogen and oxygen atoms in total. The van der Waals surface area contributed by atoms with Crippen molar-refractivity contribution in [2.45, 2.75) is 38.8 Å². The Hall–Kier alpha value is -3.06. The van der Waals surface area contributed by atoms with Gasteiger partial charge in [-0.1, -0.05) is 18.6 Å². The molecule has 2 N–H and O–H groups in total. The number of likely N-dealkylation sites (tertiary alicyclic amines) is 1. The lowest BCUT2D eigenvalue weighted by molar-refractivity contribution is 0.221. The lowest BCUT2D eigenvalue weighted by Gasteiger charge is -2.32. The first-order valence-corrected chi connectivity index (χ1v) is 11.7. The van der Waals surface area contributed by atoms with Gasteiger partial charge in [0.15, 0.2) is 0 Å². The minimum absolute atomic E-state index is 0.838. The number of imidazole rings is 1. The number of hydrogen-bond donors (Lipinski definition) is 2. The number of aromatic nitrogens is 3. The Kier molecular flexibility index (Phi) is 5.99. The largest absolute Gasteiger partial charge is 0.375 e. The van der Waals surface area contributed by atoms with Crippen LogP contribution in [0.3, 0.4) is 0 Å². The minimum atomic E-state index is 0.838. The topological polar surface area (TPSA) is 63.3 Å². The molecule has 3 aromatic rings. The molecular weight excluding hydrogens is 398 g/mol. The summed E-state index contributed by atoms with van der Waals surface area (Å²) in [6.07, 6.45) is 8.75. The van der Waals surface area contributed by atoms with Crippen LogP contribution in [0.5, 0.6) is 0 Å². The van der Waals surface area contributed by atoms with Gasteiger partial charge >= 0.3 is 0 Å². The van der Waals surface area contributed by atoms with E-state index in [2.05, 4.69) is 74.4 Å². The molecule has 0 saturated carbocycles. The van der Waals surface area contributed by atoms with Crippen LogP contribution in [0.15, 0.2) is 42.9 Å². The molecule has 0 aliphatic carbocycles. The summed E-state index contributed by atoms with van der Waals surface area (Å²) in [6.45, 7) is 5.28. The third kappa shape index (κ3) is 4.58. The molecule has 1 aromatic carbocycles. The van der Waals surface area contributed by atoms with Crippen molar-refractivity contribution in [3.8, 4) is 0 Å². The molecule has 0 spiro atoms. The number of nitrogens with one attached hydrogen (secondary N) is 2. The number of pyridine rings is 1. The molecular formula is C25H33N7. The Morgan fingerprint density at radius 3 is 2.62 bits per heavy atom. The van der Waals surface area contributed by atoms with Crippen LogP contribution in [0.25, 0.3) is 0 Å². The first-order chi connectivity index (χ1) is 15.7. The summed E-state index contributed by atoms with van der Waals surface area (Å²) in [7, 11) is 4.14. The van der Waals surface area contributed by atoms with E-state index in [0.717, 1.165) is 43.2 Å². The molecule has 5 rings (SSSR count). The highest BCUT2D eigenvalue weighted by molar-refractivity contribution is 5.75. The zero-order valence-electron chi connectivity index (χ0n) is 19.1. The Balaban J connectivity index is 1.31. The molecule has 0 atom stereocenters. The van der Waals surface area contributed by atoms with Gasteiger partial charge in [0, 0.05) is 45.4 Å². The SMILES string of the molecule is CN(C)c1cnc(Nc2ccc(CN3CCCCC3)cc2)cc1N1CCc2nc[nH]c2C1. The number of fused-ring (bicyclic) bond motifs is 1. The number of aromatic amines is 1. The number of hydrogen-bond acceptors (Lipinski definition) is 6. The summed E-state index contributed by atoms with van der Waals surface area (Å²) in [5.41, 5.74) is 7.14. The smallest absolute Gasteiger partial charge is 0.132 e. The highest BCUT2D eigenvalue weighted by Gasteiger charge is 2.22. The van der Waals surface area contributed by atoms with Gasteiger partial charge in [-0.3, -0.25) is 4.90 Å². The molecule has 168 valence electrons. The Morgan fingerprint density at radius 1 is 1.03 bits per heavy atom. The Bertz CT molecular complexity index is 1030. The second-order valence-corrected chi connectivity index (χ2v) is 9.11. The van der Waals surface area contributed by atoms with Crippen LogP contribution in [-0.4, -0.2) is 53.6 Å². The Labute approximate surface area is 190 Å². The predicted molar refractivity (Wildman–Crippen MR) is 131 cm³/mol. The summed E-state index contributed by atoms with van der Waals surface area (Å²) in [4.78, 5) is 19.5. The van der Waals surface area contributed by atoms with Crippen molar-refractivity contribution in [2.24, 2.45) is 0 Å². The molecule has 0 radical (unpaired) electrons. The second kappa shape index (κ2) is 9.20. The summed E-state index contributed by atoms with van der Waals surface area (Å²) in [6, 6.07) is 11.0. The van der Waals surface area contributed by atoms with Gasteiger partial charge in [0.2, 0.25) is 0 Å². The van der Waals surface area contributed by atoms with Gasteiger partial charge in [-0.2, -0.15) is 0 Å². The van der Waals surface area contributed by atoms with Gasteiger partial charge < -0.3 is 20.1 Å². The standard InChI is InChI=1S/C25H33N7/c1-30(2)24-15-26-25(14-23(24)32-13-10-21-22(17-32)28-18-27-21)29-20-8-6-19(7-9-20)16-31-11-4-3-5-12-31/h6-9,14-15,18H,3-5,10-13,16-17H2,1-2H3,(H,26,29)(H,27,28). The average molecular weight is 432 g/mol. The number of H-pyrrole nitrogens is 1. The maximum absolute atomic E-state index is 4.69. The van der Waals surface area contributed by atoms with E-state index >= 15 is 0 Å². The summed E-state index contributed by atoms with van der Waals surface area (Å²) in [5.74, 6) is 0.866. The molecule has 1 fully saturated rings. The van der Waals surface area contributed by atoms with E-state index in [1.54, 1.807) is 6.33 Å². The molecule has 4 heterocycles. The van der Waals surface area contributed by atoms with Crippen molar-refractivity contribution >= 4 is 22.9 Å². The molecule has 0 amide bonds. The van der Waals surface area contributed by atoms with Gasteiger partial charge in [-0.15, -0.1) is 0 Å². The lowest BCUT2D eigenvalue weighted by atomic mass is 10.1. The van der Waals surface area contributed by atoms with Crippen molar-refractivity contribution in [3.63, 3.8) is 0 Å². The number of piperidine rings is 1. The maximum Gasteiger partial charge on any atom is 0.132 e. The number of nitrogens with zero attached hydrogens (tertiary/aromatic N) is 5. The molecule has 0 unspecified atom stereocenters. The van der Waals surface area contributed by atoms with Gasteiger partial charge in [0.25, 0.3) is 0 Å². The number of benzene rings is 1. The van der Waals surface area contributed by atoms with Crippen molar-refractivity contribution in [1.82, 2.24) is 19.9 Å². The van der Waals surface area contributed by atoms with E-state index in [9.17, 15) is 0 Å². The zero-order chi connectivity index (χ0) is 21.9. The quantitative estimate of drug-likeness (QED) is 0.611. The van der Waals surface area contributed by atoms with Crippen LogP contribution < -0.4 is 15.1 Å². The molecule has 1 saturated heterocycles. The third-order valence-electron chi connectivity index (χ3n) is 6.54. The van der Waals surface area contributed by atoms with Crippen LogP contribution in [0.1, 0.15) is 36.2 Å². The fourth-order valence-corrected chi connectivity index (χ4v) is 4.74. The van der Waals surface area contributed by atoms with Crippen LogP contribution in [0, 0.1) is 0 Å². The Morgan fingerprint density at radius 2 is 1.84 bits per heavy atom. The van der Waals surface area contributed by atoms with E-state index in [4.69, 9.17) is 4.98 Å². The monoisotopic (exact) mass is 431 g/mol. The summed E-state index contributed by atoms with van der Waals surface area (Å²) < 4.78 is 0. The number of rotatable bonds is 6. The third-order valence-corrected chi connectivity index (χ3v) is 6.54. The minimum Gasteiger partial charge on any atom is -0.375 e. The maximum atomic E-state index is 4.69. The van der Waals surface area contributed by atoms with Crippen molar-refractivity contribution in [3.05, 3.63) is 59.8 Å². The zero-order valence-corrected chi connectivity index (χ0v) is 19.1. The van der Waals surface area contributed by atoms with Crippen molar-refractivity contribution in [2.75, 3.05) is 48.8 Å². The highest BCUT2D eigenvalue weighted by atomic mass is 15.2. The van der Waals surface area contributed by atoms with E-state index in [-0.39, 0.29) is 0 Å². The van der Waals surface area contributed by atoms with E-state index < -0.39 is 0 Å². The fraction of sp³-hybridized carbons (Fsp3) is 0.440. The highest BCUT2D eigenvalue weighted by Crippen LogP contribution is 2.33. The molecule has 0 bridgehead atoms. The van der Waals surface area contributed by atoms with Gasteiger partial charge in [0.1, 0.15) is 5.82 Å². The molecule has 2 aliphatic rings. The van der Waals surface area contributed by atoms with Crippen LogP contribution in [-0.2, 0) is 19.5 Å². The van der Waals surface area contributed by atoms with Crippen molar-refractivity contribution < 1.29 is 0 Å². The van der Waals surface area contributed by atoms with Crippen LogP contribution >= 0.6 is 0 Å². The molecule has 2 aromatic heterocycles. The normalized spacial score (nSPS) is 16.6. The number of anilines is 4. The first-order valence-electron chi connectivity index (χ1n) is 11.7. The average Bonchev–Trinajstić information content (AvgIpc) is 3.29. The first kappa shape index (κ1) is 20.8. The van der Waals surface area contributed by atoms with E-state index in [0.29, 0.717) is 0 Å². The predicted octanol–water partition coefficient (Wildman–Crippen LogP) is 4.16. The van der Waals surface area contributed by atoms with Gasteiger partial charge in [0.05, 0.1) is 41.8 Å². The van der Waals surface area contributed by atoms with Crippen LogP contribution in [0.2, 0.25) is 0 Å². The van der Waals surface area contributed by atoms with Gasteiger partial charge in [-0.25, -0.2) is 9.97 Å². The molecule has 2 aliphatic heterocycles. The fourth-order valence-electron chi connectivity index (χ4n) is 4.74. The molecule has 7 heteroatoms. The molecule has 32 heavy (non-hydrogen) atoms. The van der Waals surface area contributed by atoms with Gasteiger partial charge in [-0.05, 0) is 43.6 Å². The summed E-state index contributed by atoms with van der Waals surface area (Å²) >= 11 is 0.